The Hall–Kier alpha value is -2.60. The fourth-order valence-corrected chi connectivity index (χ4v) is 2.81. The molecule has 2 heterocycles. The third-order valence-corrected chi connectivity index (χ3v) is 4.24. The van der Waals surface area contributed by atoms with Crippen LogP contribution in [0.3, 0.4) is 0 Å². The minimum absolute atomic E-state index is 0.0808. The molecule has 2 aromatic heterocycles. The van der Waals surface area contributed by atoms with Crippen molar-refractivity contribution < 1.29 is 13.9 Å². The highest BCUT2D eigenvalue weighted by molar-refractivity contribution is 7.09. The van der Waals surface area contributed by atoms with Crippen LogP contribution in [0.15, 0.2) is 52.5 Å². The number of aromatic nitrogens is 1. The molecule has 124 valence electrons. The number of carbonyl (C=O) groups excluding carboxylic acids is 1. The summed E-state index contributed by atoms with van der Waals surface area (Å²) in [6.45, 7) is 2.83. The van der Waals surface area contributed by atoms with Crippen LogP contribution in [0.1, 0.15) is 22.0 Å². The number of hydrogen-bond acceptors (Lipinski definition) is 5. The average molecular weight is 342 g/mol. The van der Waals surface area contributed by atoms with Gasteiger partial charge in [-0.25, -0.2) is 4.98 Å². The third kappa shape index (κ3) is 4.70. The molecule has 0 radical (unpaired) electrons. The van der Waals surface area contributed by atoms with Crippen LogP contribution >= 0.6 is 11.3 Å². The summed E-state index contributed by atoms with van der Waals surface area (Å²) in [5.74, 6) is 1.46. The van der Waals surface area contributed by atoms with E-state index in [2.05, 4.69) is 10.3 Å². The van der Waals surface area contributed by atoms with E-state index in [1.165, 1.54) is 16.9 Å². The van der Waals surface area contributed by atoms with Crippen LogP contribution in [0.2, 0.25) is 0 Å². The van der Waals surface area contributed by atoms with E-state index in [9.17, 15) is 4.79 Å². The summed E-state index contributed by atoms with van der Waals surface area (Å²) < 4.78 is 10.9. The molecule has 0 saturated heterocycles. The van der Waals surface area contributed by atoms with Gasteiger partial charge in [0.05, 0.1) is 24.9 Å². The van der Waals surface area contributed by atoms with Gasteiger partial charge in [-0.2, -0.15) is 0 Å². The van der Waals surface area contributed by atoms with Crippen molar-refractivity contribution in [2.75, 3.05) is 0 Å². The Morgan fingerprint density at radius 3 is 2.88 bits per heavy atom. The van der Waals surface area contributed by atoms with Crippen LogP contribution in [0.25, 0.3) is 0 Å². The van der Waals surface area contributed by atoms with Crippen molar-refractivity contribution in [1.82, 2.24) is 10.3 Å². The van der Waals surface area contributed by atoms with E-state index in [-0.39, 0.29) is 12.3 Å². The largest absolute Gasteiger partial charge is 0.486 e. The van der Waals surface area contributed by atoms with Gasteiger partial charge in [-0.05, 0) is 31.2 Å². The highest BCUT2D eigenvalue weighted by Crippen LogP contribution is 2.16. The maximum atomic E-state index is 11.9. The molecule has 0 aliphatic carbocycles. The molecule has 1 amide bonds. The van der Waals surface area contributed by atoms with E-state index in [0.29, 0.717) is 13.2 Å². The van der Waals surface area contributed by atoms with E-state index in [1.807, 2.05) is 42.6 Å². The summed E-state index contributed by atoms with van der Waals surface area (Å²) >= 11 is 1.50. The first kappa shape index (κ1) is 16.3. The van der Waals surface area contributed by atoms with Crippen molar-refractivity contribution in [1.29, 1.82) is 0 Å². The van der Waals surface area contributed by atoms with E-state index in [1.54, 1.807) is 12.3 Å². The summed E-state index contributed by atoms with van der Waals surface area (Å²) in [6, 6.07) is 11.5. The number of nitrogens with zero attached hydrogens (tertiary/aromatic N) is 1. The van der Waals surface area contributed by atoms with Crippen LogP contribution in [-0.4, -0.2) is 10.9 Å². The first-order chi connectivity index (χ1) is 11.7. The molecule has 3 aromatic rings. The molecule has 5 nitrogen and oxygen atoms in total. The zero-order chi connectivity index (χ0) is 16.8. The first-order valence-electron chi connectivity index (χ1n) is 7.61. The molecule has 0 aliphatic heterocycles. The van der Waals surface area contributed by atoms with Gasteiger partial charge in [-0.1, -0.05) is 17.7 Å². The number of nitrogens with one attached hydrogen (secondary N) is 1. The van der Waals surface area contributed by atoms with Crippen molar-refractivity contribution in [2.45, 2.75) is 26.5 Å². The van der Waals surface area contributed by atoms with Gasteiger partial charge in [0.1, 0.15) is 23.1 Å². The van der Waals surface area contributed by atoms with E-state index >= 15 is 0 Å². The van der Waals surface area contributed by atoms with E-state index < -0.39 is 0 Å². The van der Waals surface area contributed by atoms with Crippen molar-refractivity contribution in [3.05, 3.63) is 70.1 Å². The monoisotopic (exact) mass is 342 g/mol. The molecular formula is C18H18N2O3S. The van der Waals surface area contributed by atoms with Gasteiger partial charge in [0.15, 0.2) is 0 Å². The number of benzene rings is 1. The Balaban J connectivity index is 1.46. The molecule has 0 atom stereocenters. The van der Waals surface area contributed by atoms with Gasteiger partial charge in [-0.15, -0.1) is 11.3 Å². The number of amides is 1. The lowest BCUT2D eigenvalue weighted by Gasteiger charge is -2.04. The maximum Gasteiger partial charge on any atom is 0.226 e. The Morgan fingerprint density at radius 1 is 1.29 bits per heavy atom. The molecule has 0 aliphatic rings. The van der Waals surface area contributed by atoms with Crippen molar-refractivity contribution >= 4 is 17.2 Å². The molecule has 0 unspecified atom stereocenters. The van der Waals surface area contributed by atoms with Gasteiger partial charge in [-0.3, -0.25) is 4.79 Å². The zero-order valence-electron chi connectivity index (χ0n) is 13.3. The van der Waals surface area contributed by atoms with Crippen LogP contribution < -0.4 is 10.1 Å². The van der Waals surface area contributed by atoms with E-state index in [4.69, 9.17) is 9.15 Å². The lowest BCUT2D eigenvalue weighted by Crippen LogP contribution is -2.24. The van der Waals surface area contributed by atoms with Crippen LogP contribution in [0, 0.1) is 6.92 Å². The second-order valence-corrected chi connectivity index (χ2v) is 6.31. The molecule has 0 bridgehead atoms. The predicted octanol–water partition coefficient (Wildman–Crippen LogP) is 3.48. The van der Waals surface area contributed by atoms with Crippen molar-refractivity contribution in [2.24, 2.45) is 0 Å². The molecule has 6 heteroatoms. The summed E-state index contributed by atoms with van der Waals surface area (Å²) in [5, 5.41) is 5.55. The van der Waals surface area contributed by atoms with Crippen LogP contribution in [0.4, 0.5) is 0 Å². The fourth-order valence-electron chi connectivity index (χ4n) is 2.10. The SMILES string of the molecule is Cc1ccc(OCc2nc(CC(=O)NCc3ccco3)cs2)cc1. The fraction of sp³-hybridized carbons (Fsp3) is 0.222. The summed E-state index contributed by atoms with van der Waals surface area (Å²) in [5.41, 5.74) is 1.94. The van der Waals surface area contributed by atoms with Crippen LogP contribution in [0.5, 0.6) is 5.75 Å². The molecule has 0 saturated carbocycles. The number of carbonyl (C=O) groups is 1. The minimum Gasteiger partial charge on any atom is -0.486 e. The second kappa shape index (κ2) is 7.79. The molecule has 0 fully saturated rings. The molecule has 1 N–H and O–H groups in total. The van der Waals surface area contributed by atoms with Crippen LogP contribution in [-0.2, 0) is 24.4 Å². The van der Waals surface area contributed by atoms with Gasteiger partial charge in [0.25, 0.3) is 0 Å². The lowest BCUT2D eigenvalue weighted by atomic mass is 10.2. The predicted molar refractivity (Wildman–Crippen MR) is 91.9 cm³/mol. The first-order valence-corrected chi connectivity index (χ1v) is 8.49. The molecule has 3 rings (SSSR count). The maximum absolute atomic E-state index is 11.9. The van der Waals surface area contributed by atoms with Gasteiger partial charge >= 0.3 is 0 Å². The quantitative estimate of drug-likeness (QED) is 0.714. The van der Waals surface area contributed by atoms with Crippen molar-refractivity contribution in [3.8, 4) is 5.75 Å². The highest BCUT2D eigenvalue weighted by atomic mass is 32.1. The summed E-state index contributed by atoms with van der Waals surface area (Å²) in [4.78, 5) is 16.3. The zero-order valence-corrected chi connectivity index (χ0v) is 14.1. The molecular weight excluding hydrogens is 324 g/mol. The normalized spacial score (nSPS) is 10.5. The second-order valence-electron chi connectivity index (χ2n) is 5.37. The molecule has 1 aromatic carbocycles. The number of hydrogen-bond donors (Lipinski definition) is 1. The number of aryl methyl sites for hydroxylation is 1. The number of furan rings is 1. The highest BCUT2D eigenvalue weighted by Gasteiger charge is 2.09. The Kier molecular flexibility index (Phi) is 5.28. The Bertz CT molecular complexity index is 779. The Morgan fingerprint density at radius 2 is 2.12 bits per heavy atom. The topological polar surface area (TPSA) is 64.4 Å². The van der Waals surface area contributed by atoms with Gasteiger partial charge in [0.2, 0.25) is 5.91 Å². The third-order valence-electron chi connectivity index (χ3n) is 3.36. The number of ether oxygens (including phenoxy) is 1. The standard InChI is InChI=1S/C18H18N2O3S/c1-13-4-6-15(7-5-13)23-11-18-20-14(12-24-18)9-17(21)19-10-16-3-2-8-22-16/h2-8,12H,9-11H2,1H3,(H,19,21). The summed E-state index contributed by atoms with van der Waals surface area (Å²) in [6.07, 6.45) is 1.84. The van der Waals surface area contributed by atoms with Gasteiger partial charge < -0.3 is 14.5 Å². The van der Waals surface area contributed by atoms with E-state index in [0.717, 1.165) is 22.2 Å². The number of rotatable bonds is 7. The molecule has 0 spiro atoms. The lowest BCUT2D eigenvalue weighted by molar-refractivity contribution is -0.120. The number of thiazole rings is 1. The molecule has 24 heavy (non-hydrogen) atoms. The van der Waals surface area contributed by atoms with Gasteiger partial charge in [0, 0.05) is 5.38 Å². The minimum atomic E-state index is -0.0808. The summed E-state index contributed by atoms with van der Waals surface area (Å²) in [7, 11) is 0. The average Bonchev–Trinajstić information content (AvgIpc) is 3.24. The van der Waals surface area contributed by atoms with Crippen molar-refractivity contribution in [3.63, 3.8) is 0 Å². The smallest absolute Gasteiger partial charge is 0.226 e. The Labute approximate surface area is 144 Å².